The van der Waals surface area contributed by atoms with Crippen LogP contribution in [0.1, 0.15) is 138 Å². The zero-order valence-electron chi connectivity index (χ0n) is 23.3. The van der Waals surface area contributed by atoms with E-state index in [1.54, 1.807) is 13.8 Å². The van der Waals surface area contributed by atoms with Crippen molar-refractivity contribution in [3.8, 4) is 0 Å². The molecular formula is C28H68N2O7. The van der Waals surface area contributed by atoms with Crippen molar-refractivity contribution < 1.29 is 33.7 Å². The summed E-state index contributed by atoms with van der Waals surface area (Å²) < 4.78 is 4.36. The van der Waals surface area contributed by atoms with E-state index in [1.807, 2.05) is 6.92 Å². The molecule has 0 aromatic heterocycles. The zero-order chi connectivity index (χ0) is 27.3. The Morgan fingerprint density at radius 2 is 1.00 bits per heavy atom. The second kappa shape index (κ2) is 47.2. The summed E-state index contributed by atoms with van der Waals surface area (Å²) in [4.78, 5) is 48.9. The van der Waals surface area contributed by atoms with Crippen LogP contribution in [0.3, 0.4) is 0 Å². The monoisotopic (exact) mass is 545 g/mol. The first-order valence-electron chi connectivity index (χ1n) is 11.6. The summed E-state index contributed by atoms with van der Waals surface area (Å²) in [5, 5.41) is 4.81. The normalized spacial score (nSPS) is 8.00. The fourth-order valence-electron chi connectivity index (χ4n) is 0.768. The van der Waals surface area contributed by atoms with E-state index >= 15 is 0 Å². The maximum atomic E-state index is 10.2. The van der Waals surface area contributed by atoms with Crippen molar-refractivity contribution in [1.29, 1.82) is 0 Å². The molecule has 0 aliphatic rings. The van der Waals surface area contributed by atoms with Gasteiger partial charge < -0.3 is 20.2 Å². The molecule has 2 N–H and O–H groups in total. The number of carbonyl (C=O) groups excluding carboxylic acids is 4. The summed E-state index contributed by atoms with van der Waals surface area (Å²) in [6.45, 7) is 23.1. The van der Waals surface area contributed by atoms with Crippen LogP contribution in [0.5, 0.6) is 0 Å². The van der Waals surface area contributed by atoms with Gasteiger partial charge in [-0.05, 0) is 19.3 Å². The summed E-state index contributed by atoms with van der Waals surface area (Å²) in [5.74, 6) is -0.424. The highest BCUT2D eigenvalue weighted by atomic mass is 17.2. The Hall–Kier alpha value is -2.00. The van der Waals surface area contributed by atoms with Crippen molar-refractivity contribution in [2.24, 2.45) is 5.41 Å². The molecule has 0 unspecified atom stereocenters. The van der Waals surface area contributed by atoms with Gasteiger partial charge in [0.25, 0.3) is 0 Å². The predicted octanol–water partition coefficient (Wildman–Crippen LogP) is 7.47. The molecule has 0 aromatic carbocycles. The van der Waals surface area contributed by atoms with Crippen molar-refractivity contribution in [3.63, 3.8) is 0 Å². The van der Waals surface area contributed by atoms with Crippen molar-refractivity contribution in [2.75, 3.05) is 20.1 Å². The fourth-order valence-corrected chi connectivity index (χ4v) is 0.768. The van der Waals surface area contributed by atoms with Gasteiger partial charge in [-0.15, -0.1) is 0 Å². The molecule has 0 saturated carbocycles. The van der Waals surface area contributed by atoms with Crippen molar-refractivity contribution in [3.05, 3.63) is 0 Å². The van der Waals surface area contributed by atoms with Crippen LogP contribution in [0.4, 0.5) is 0 Å². The lowest BCUT2D eigenvalue weighted by Gasteiger charge is -2.18. The lowest BCUT2D eigenvalue weighted by Crippen LogP contribution is -2.34. The first kappa shape index (κ1) is 59.9. The summed E-state index contributed by atoms with van der Waals surface area (Å²) in [6.07, 6.45) is 4.51. The Morgan fingerprint density at radius 1 is 0.676 bits per heavy atom. The van der Waals surface area contributed by atoms with Crippen LogP contribution in [0.25, 0.3) is 0 Å². The first-order chi connectivity index (χ1) is 15.2. The van der Waals surface area contributed by atoms with Gasteiger partial charge >= 0.3 is 5.97 Å². The summed E-state index contributed by atoms with van der Waals surface area (Å²) in [6, 6.07) is 0. The van der Waals surface area contributed by atoms with E-state index in [0.29, 0.717) is 18.4 Å². The minimum absolute atomic E-state index is 0. The van der Waals surface area contributed by atoms with Crippen molar-refractivity contribution in [1.82, 2.24) is 10.6 Å². The molecule has 0 rings (SSSR count). The van der Waals surface area contributed by atoms with E-state index in [9.17, 15) is 19.2 Å². The number of ether oxygens (including phenoxy) is 1. The number of esters is 1. The lowest BCUT2D eigenvalue weighted by molar-refractivity contribution is -0.327. The Kier molecular flexibility index (Phi) is 76.4. The van der Waals surface area contributed by atoms with E-state index < -0.39 is 0 Å². The van der Waals surface area contributed by atoms with Crippen LogP contribution in [0, 0.1) is 5.41 Å². The molecule has 0 radical (unpaired) electrons. The van der Waals surface area contributed by atoms with E-state index in [2.05, 4.69) is 66.7 Å². The fraction of sp³-hybridized carbons (Fsp3) is 0.857. The number of Topliss-reactive ketones (excluding diaryl/α,β-unsaturated/α-hetero) is 1. The topological polar surface area (TPSA) is 120 Å². The average Bonchev–Trinajstić information content (AvgIpc) is 2.72. The van der Waals surface area contributed by atoms with Gasteiger partial charge in [0.05, 0.1) is 13.3 Å². The Bertz CT molecular complexity index is 449. The van der Waals surface area contributed by atoms with Crippen LogP contribution >= 0.6 is 0 Å². The van der Waals surface area contributed by atoms with Crippen LogP contribution < -0.4 is 10.6 Å². The Labute approximate surface area is 232 Å². The van der Waals surface area contributed by atoms with Crippen LogP contribution in [0.15, 0.2) is 0 Å². The third kappa shape index (κ3) is 107. The molecule has 9 heteroatoms. The highest BCUT2D eigenvalue weighted by Gasteiger charge is 2.09. The van der Waals surface area contributed by atoms with Gasteiger partial charge in [-0.1, -0.05) is 97.4 Å². The molecule has 0 atom stereocenters. The SMILES string of the molecule is C.C.C.C.CC(=O)NCNC(C)=O.CCC.CCC(C)(C)CC.CCC(C)=O.CCOOCOC(C)=O. The standard InChI is InChI=1S/C7H16.C5H10N2O2.C5H10O4.C4H8O.C3H8.4CH4/c1-5-7(3,4)6-2;1-4(8)6-3-7-5(2)9;1-3-8-9-4-7-5(2)6;1-3-4(2)5;1-3-2;;;;/h5-6H2,1-4H3;3H2,1-2H3,(H,6,8)(H,7,9);3-4H2,1-2H3;3H2,1-2H3;3H2,1-2H3;4*1H4. The molecule has 0 aliphatic carbocycles. The van der Waals surface area contributed by atoms with Crippen molar-refractivity contribution in [2.45, 2.75) is 138 Å². The summed E-state index contributed by atoms with van der Waals surface area (Å²) in [7, 11) is 0. The zero-order valence-corrected chi connectivity index (χ0v) is 23.3. The number of carbonyl (C=O) groups is 4. The molecule has 37 heavy (non-hydrogen) atoms. The number of amides is 2. The highest BCUT2D eigenvalue weighted by Crippen LogP contribution is 2.22. The predicted molar refractivity (Wildman–Crippen MR) is 160 cm³/mol. The van der Waals surface area contributed by atoms with E-state index in [0.717, 1.165) is 0 Å². The largest absolute Gasteiger partial charge is 0.436 e. The molecule has 0 saturated heterocycles. The second-order valence-corrected chi connectivity index (χ2v) is 7.55. The lowest BCUT2D eigenvalue weighted by atomic mass is 9.88. The Balaban J connectivity index is -0.0000000382. The second-order valence-electron chi connectivity index (χ2n) is 7.55. The first-order valence-corrected chi connectivity index (χ1v) is 11.6. The molecule has 2 amide bonds. The Morgan fingerprint density at radius 3 is 1.16 bits per heavy atom. The van der Waals surface area contributed by atoms with E-state index in [4.69, 9.17) is 0 Å². The smallest absolute Gasteiger partial charge is 0.304 e. The molecule has 232 valence electrons. The number of hydrogen-bond donors (Lipinski definition) is 2. The maximum Gasteiger partial charge on any atom is 0.304 e. The van der Waals surface area contributed by atoms with Crippen LogP contribution in [-0.2, 0) is 33.7 Å². The minimum atomic E-state index is -0.380. The number of rotatable bonds is 9. The maximum absolute atomic E-state index is 10.2. The molecule has 0 spiro atoms. The van der Waals surface area contributed by atoms with Gasteiger partial charge in [-0.2, -0.15) is 4.89 Å². The molecule has 0 fully saturated rings. The molecule has 0 aliphatic heterocycles. The molecular weight excluding hydrogens is 476 g/mol. The van der Waals surface area contributed by atoms with Crippen LogP contribution in [0.2, 0.25) is 0 Å². The molecule has 0 aromatic rings. The van der Waals surface area contributed by atoms with E-state index in [-0.39, 0.29) is 66.7 Å². The quantitative estimate of drug-likeness (QED) is 0.101. The van der Waals surface area contributed by atoms with Gasteiger partial charge in [-0.25, -0.2) is 4.89 Å². The average molecular weight is 545 g/mol. The summed E-state index contributed by atoms with van der Waals surface area (Å²) >= 11 is 0. The number of hydrogen-bond acceptors (Lipinski definition) is 7. The van der Waals surface area contributed by atoms with Gasteiger partial charge in [0.1, 0.15) is 5.78 Å². The number of ketones is 1. The van der Waals surface area contributed by atoms with Gasteiger partial charge in [0.15, 0.2) is 0 Å². The van der Waals surface area contributed by atoms with E-state index in [1.165, 1.54) is 40.0 Å². The third-order valence-corrected chi connectivity index (χ3v) is 3.60. The highest BCUT2D eigenvalue weighted by molar-refractivity contribution is 5.75. The van der Waals surface area contributed by atoms with Gasteiger partial charge in [0, 0.05) is 27.2 Å². The molecule has 9 nitrogen and oxygen atoms in total. The van der Waals surface area contributed by atoms with Gasteiger partial charge in [0.2, 0.25) is 18.6 Å². The van der Waals surface area contributed by atoms with Crippen molar-refractivity contribution >= 4 is 23.6 Å². The molecule has 0 bridgehead atoms. The van der Waals surface area contributed by atoms with Gasteiger partial charge in [-0.3, -0.25) is 14.4 Å². The molecule has 0 heterocycles. The van der Waals surface area contributed by atoms with Crippen LogP contribution in [-0.4, -0.2) is 43.6 Å². The minimum Gasteiger partial charge on any atom is -0.436 e. The summed E-state index contributed by atoms with van der Waals surface area (Å²) in [5.41, 5.74) is 0.583. The number of nitrogens with one attached hydrogen (secondary N) is 2. The third-order valence-electron chi connectivity index (χ3n) is 3.60.